The highest BCUT2D eigenvalue weighted by atomic mass is 16.6. The molecule has 0 aliphatic carbocycles. The lowest BCUT2D eigenvalue weighted by molar-refractivity contribution is -0.385. The Morgan fingerprint density at radius 1 is 1.36 bits per heavy atom. The molecule has 134 valence electrons. The first kappa shape index (κ1) is 18.2. The number of nitrogens with zero attached hydrogens (tertiary/aromatic N) is 3. The molecule has 2 aromatic rings. The molecule has 1 N–H and O–H groups in total. The van der Waals surface area contributed by atoms with E-state index >= 15 is 0 Å². The molecule has 1 amide bonds. The number of nitrogens with one attached hydrogen (secondary N) is 1. The number of aromatic nitrogens is 2. The van der Waals surface area contributed by atoms with E-state index in [-0.39, 0.29) is 11.6 Å². The van der Waals surface area contributed by atoms with Crippen LogP contribution in [0.2, 0.25) is 0 Å². The van der Waals surface area contributed by atoms with Crippen LogP contribution in [0.3, 0.4) is 0 Å². The normalized spacial score (nSPS) is 11.6. The summed E-state index contributed by atoms with van der Waals surface area (Å²) in [5.41, 5.74) is 0.838. The van der Waals surface area contributed by atoms with Crippen LogP contribution in [-0.4, -0.2) is 41.4 Å². The monoisotopic (exact) mass is 348 g/mol. The fourth-order valence-corrected chi connectivity index (χ4v) is 2.27. The van der Waals surface area contributed by atoms with Gasteiger partial charge in [0.2, 0.25) is 5.91 Å². The summed E-state index contributed by atoms with van der Waals surface area (Å²) in [4.78, 5) is 22.3. The van der Waals surface area contributed by atoms with Gasteiger partial charge in [-0.1, -0.05) is 6.07 Å². The number of carbonyl (C=O) groups is 1. The zero-order valence-electron chi connectivity index (χ0n) is 14.3. The van der Waals surface area contributed by atoms with Gasteiger partial charge < -0.3 is 14.8 Å². The van der Waals surface area contributed by atoms with Gasteiger partial charge in [-0.25, -0.2) is 0 Å². The van der Waals surface area contributed by atoms with Crippen LogP contribution in [0.5, 0.6) is 11.5 Å². The minimum absolute atomic E-state index is 0.148. The summed E-state index contributed by atoms with van der Waals surface area (Å²) in [6.07, 6.45) is 2.96. The number of nitro groups is 1. The molecule has 0 radical (unpaired) electrons. The first-order valence-corrected chi connectivity index (χ1v) is 7.63. The van der Waals surface area contributed by atoms with Gasteiger partial charge in [0.05, 0.1) is 19.1 Å². The Hall–Kier alpha value is -3.10. The van der Waals surface area contributed by atoms with E-state index in [0.717, 1.165) is 11.8 Å². The van der Waals surface area contributed by atoms with Crippen LogP contribution in [-0.2, 0) is 11.2 Å². The fourth-order valence-electron chi connectivity index (χ4n) is 2.27. The first-order chi connectivity index (χ1) is 12.0. The van der Waals surface area contributed by atoms with Gasteiger partial charge in [0.25, 0.3) is 0 Å². The third-order valence-corrected chi connectivity index (χ3v) is 3.74. The van der Waals surface area contributed by atoms with Gasteiger partial charge in [-0.2, -0.15) is 5.10 Å². The smallest absolute Gasteiger partial charge is 0.307 e. The third-order valence-electron chi connectivity index (χ3n) is 3.74. The van der Waals surface area contributed by atoms with Gasteiger partial charge >= 0.3 is 5.69 Å². The Bertz CT molecular complexity index is 759. The number of ether oxygens (including phenoxy) is 2. The highest BCUT2D eigenvalue weighted by Gasteiger charge is 2.18. The van der Waals surface area contributed by atoms with Crippen LogP contribution >= 0.6 is 0 Å². The zero-order valence-corrected chi connectivity index (χ0v) is 14.3. The van der Waals surface area contributed by atoms with Crippen molar-refractivity contribution in [2.24, 2.45) is 0 Å². The molecule has 0 saturated carbocycles. The van der Waals surface area contributed by atoms with Crippen LogP contribution in [0.1, 0.15) is 18.5 Å². The molecule has 0 saturated heterocycles. The van der Waals surface area contributed by atoms with Crippen molar-refractivity contribution in [2.45, 2.75) is 19.4 Å². The lowest BCUT2D eigenvalue weighted by atomic mass is 10.1. The number of benzene rings is 1. The quantitative estimate of drug-likeness (QED) is 0.575. The van der Waals surface area contributed by atoms with E-state index in [4.69, 9.17) is 9.47 Å². The topological polar surface area (TPSA) is 109 Å². The molecule has 0 spiro atoms. The second-order valence-electron chi connectivity index (χ2n) is 5.34. The lowest BCUT2D eigenvalue weighted by Gasteiger charge is -2.13. The van der Waals surface area contributed by atoms with Crippen molar-refractivity contribution in [2.75, 3.05) is 20.8 Å². The third kappa shape index (κ3) is 4.46. The molecule has 2 rings (SSSR count). The Morgan fingerprint density at radius 2 is 2.08 bits per heavy atom. The van der Waals surface area contributed by atoms with E-state index in [1.54, 1.807) is 21.1 Å². The second-order valence-corrected chi connectivity index (χ2v) is 5.34. The number of hydrogen-bond donors (Lipinski definition) is 1. The molecule has 25 heavy (non-hydrogen) atoms. The van der Waals surface area contributed by atoms with Gasteiger partial charge in [0.1, 0.15) is 18.4 Å². The van der Waals surface area contributed by atoms with Crippen molar-refractivity contribution in [1.29, 1.82) is 0 Å². The zero-order chi connectivity index (χ0) is 18.4. The molecule has 0 aliphatic rings. The molecule has 9 heteroatoms. The maximum atomic E-state index is 12.1. The molecule has 0 fully saturated rings. The fraction of sp³-hybridized carbons (Fsp3) is 0.375. The summed E-state index contributed by atoms with van der Waals surface area (Å²) in [6, 6.07) is 4.92. The van der Waals surface area contributed by atoms with Gasteiger partial charge in [0.15, 0.2) is 11.5 Å². The van der Waals surface area contributed by atoms with Crippen molar-refractivity contribution in [3.05, 3.63) is 46.3 Å². The van der Waals surface area contributed by atoms with Crippen LogP contribution in [0.4, 0.5) is 5.69 Å². The predicted molar refractivity (Wildman–Crippen MR) is 89.9 cm³/mol. The number of rotatable bonds is 8. The highest BCUT2D eigenvalue weighted by Crippen LogP contribution is 2.27. The van der Waals surface area contributed by atoms with Crippen molar-refractivity contribution in [1.82, 2.24) is 15.1 Å². The lowest BCUT2D eigenvalue weighted by Crippen LogP contribution is -2.32. The number of methoxy groups -OCH3 is 2. The molecule has 1 atom stereocenters. The van der Waals surface area contributed by atoms with Crippen molar-refractivity contribution in [3.8, 4) is 11.5 Å². The standard InChI is InChI=1S/C16H20N4O5/c1-11(19-10-13(9-18-19)20(22)23)16(21)17-7-6-12-4-5-14(24-2)15(8-12)25-3/h4-5,8-11H,6-7H2,1-3H3,(H,17,21). The average molecular weight is 348 g/mol. The van der Waals surface area contributed by atoms with E-state index < -0.39 is 11.0 Å². The minimum Gasteiger partial charge on any atom is -0.493 e. The summed E-state index contributed by atoms with van der Waals surface area (Å²) in [6.45, 7) is 2.05. The summed E-state index contributed by atoms with van der Waals surface area (Å²) in [5.74, 6) is 1.01. The Labute approximate surface area is 144 Å². The molecule has 0 bridgehead atoms. The van der Waals surface area contributed by atoms with E-state index in [1.807, 2.05) is 18.2 Å². The van der Waals surface area contributed by atoms with Crippen molar-refractivity contribution < 1.29 is 19.2 Å². The molecular formula is C16H20N4O5. The maximum Gasteiger partial charge on any atom is 0.307 e. The average Bonchev–Trinajstić information content (AvgIpc) is 3.11. The van der Waals surface area contributed by atoms with Crippen LogP contribution in [0, 0.1) is 10.1 Å². The molecule has 1 unspecified atom stereocenters. The minimum atomic E-state index is -0.640. The Kier molecular flexibility index (Phi) is 5.93. The Morgan fingerprint density at radius 3 is 2.68 bits per heavy atom. The van der Waals surface area contributed by atoms with E-state index in [1.165, 1.54) is 10.9 Å². The summed E-state index contributed by atoms with van der Waals surface area (Å²) in [7, 11) is 3.13. The maximum absolute atomic E-state index is 12.1. The summed E-state index contributed by atoms with van der Waals surface area (Å²) in [5, 5.41) is 17.3. The molecule has 9 nitrogen and oxygen atoms in total. The van der Waals surface area contributed by atoms with Gasteiger partial charge in [0, 0.05) is 6.54 Å². The summed E-state index contributed by atoms with van der Waals surface area (Å²) >= 11 is 0. The molecule has 1 aromatic carbocycles. The first-order valence-electron chi connectivity index (χ1n) is 7.63. The van der Waals surface area contributed by atoms with Gasteiger partial charge in [-0.15, -0.1) is 0 Å². The van der Waals surface area contributed by atoms with Gasteiger partial charge in [-0.3, -0.25) is 19.6 Å². The molecule has 1 heterocycles. The SMILES string of the molecule is COc1ccc(CCNC(=O)C(C)n2cc([N+](=O)[O-])cn2)cc1OC. The van der Waals surface area contributed by atoms with Crippen LogP contribution in [0.25, 0.3) is 0 Å². The summed E-state index contributed by atoms with van der Waals surface area (Å²) < 4.78 is 11.7. The van der Waals surface area contributed by atoms with Crippen LogP contribution in [0.15, 0.2) is 30.6 Å². The number of carbonyl (C=O) groups excluding carboxylic acids is 1. The van der Waals surface area contributed by atoms with Crippen molar-refractivity contribution in [3.63, 3.8) is 0 Å². The van der Waals surface area contributed by atoms with Gasteiger partial charge in [-0.05, 0) is 31.0 Å². The number of hydrogen-bond acceptors (Lipinski definition) is 6. The van der Waals surface area contributed by atoms with E-state index in [9.17, 15) is 14.9 Å². The van der Waals surface area contributed by atoms with E-state index in [2.05, 4.69) is 10.4 Å². The second kappa shape index (κ2) is 8.13. The highest BCUT2D eigenvalue weighted by molar-refractivity contribution is 5.79. The molecule has 0 aliphatic heterocycles. The predicted octanol–water partition coefficient (Wildman–Crippen LogP) is 1.73. The molecular weight excluding hydrogens is 328 g/mol. The Balaban J connectivity index is 1.90. The number of amides is 1. The van der Waals surface area contributed by atoms with E-state index in [0.29, 0.717) is 24.5 Å². The van der Waals surface area contributed by atoms with Crippen LogP contribution < -0.4 is 14.8 Å². The largest absolute Gasteiger partial charge is 0.493 e. The molecule has 1 aromatic heterocycles. The van der Waals surface area contributed by atoms with Crippen molar-refractivity contribution >= 4 is 11.6 Å².